The van der Waals surface area contributed by atoms with E-state index in [1.54, 1.807) is 0 Å². The zero-order chi connectivity index (χ0) is 30.8. The second kappa shape index (κ2) is 11.0. The smallest absolute Gasteiger partial charge is 0.256 e. The van der Waals surface area contributed by atoms with Crippen molar-refractivity contribution in [2.24, 2.45) is 5.73 Å². The standard InChI is InChI=1S/C32H41FN8O2S/c1-18-15-41(17-31(39-18)11-12-31)29-24(33)30(43-16-19-6-5-13-40(19)2)38-28(37-29)25(35)20-7-3-9-32(26(20)42)10-4-8-22-23(32)21(14-34)27(36)44-22/h18-19,39H,3-13,15-17,35-36H2,1-2H3/b25-20-/t18-,19-,32-/m0/s1. The highest BCUT2D eigenvalue weighted by molar-refractivity contribution is 7.16. The first kappa shape index (κ1) is 29.4. The van der Waals surface area contributed by atoms with Crippen LogP contribution in [0.5, 0.6) is 5.88 Å². The van der Waals surface area contributed by atoms with Crippen LogP contribution in [0.3, 0.4) is 0 Å². The number of halogens is 1. The van der Waals surface area contributed by atoms with Crippen molar-refractivity contribution in [2.45, 2.75) is 94.2 Å². The average molecular weight is 621 g/mol. The number of aromatic nitrogens is 2. The van der Waals surface area contributed by atoms with Crippen LogP contribution in [-0.2, 0) is 16.6 Å². The molecular weight excluding hydrogens is 579 g/mol. The van der Waals surface area contributed by atoms with Crippen LogP contribution in [0, 0.1) is 17.1 Å². The van der Waals surface area contributed by atoms with Gasteiger partial charge in [-0.05, 0) is 90.3 Å². The van der Waals surface area contributed by atoms with E-state index in [1.165, 1.54) is 11.3 Å². The SMILES string of the molecule is C[C@H]1CN(c2nc(/C(N)=C3\CCC[C@@]4(CCCc5sc(N)c(C#N)c54)C3=O)nc(OC[C@@H]3CCCN3C)c2F)CC2(CC2)N1. The number of carbonyl (C=O) groups is 1. The maximum Gasteiger partial charge on any atom is 0.256 e. The maximum atomic E-state index is 16.2. The molecule has 2 aromatic heterocycles. The lowest BCUT2D eigenvalue weighted by molar-refractivity contribution is -0.122. The highest BCUT2D eigenvalue weighted by Gasteiger charge is 2.50. The van der Waals surface area contributed by atoms with Gasteiger partial charge in [-0.1, -0.05) is 0 Å². The fourth-order valence-corrected chi connectivity index (χ4v) is 9.27. The fraction of sp³-hybridized carbons (Fsp3) is 0.625. The van der Waals surface area contributed by atoms with E-state index < -0.39 is 11.2 Å². The average Bonchev–Trinajstić information content (AvgIpc) is 3.44. The Bertz CT molecular complexity index is 1580. The number of fused-ring (bicyclic) bond motifs is 2. The van der Waals surface area contributed by atoms with E-state index in [-0.39, 0.29) is 46.6 Å². The summed E-state index contributed by atoms with van der Waals surface area (Å²) in [6, 6.07) is 2.60. The van der Waals surface area contributed by atoms with Gasteiger partial charge in [0.05, 0.1) is 16.7 Å². The quantitative estimate of drug-likeness (QED) is 0.424. The minimum atomic E-state index is -0.841. The number of Topliss-reactive ketones (excluding diaryl/α,β-unsaturated/α-hetero) is 1. The molecule has 12 heteroatoms. The third-order valence-electron chi connectivity index (χ3n) is 10.5. The number of ether oxygens (including phenoxy) is 1. The molecule has 0 unspecified atom stereocenters. The minimum Gasteiger partial charge on any atom is -0.474 e. The predicted octanol–water partition coefficient (Wildman–Crippen LogP) is 3.63. The molecule has 0 bridgehead atoms. The van der Waals surface area contributed by atoms with Crippen LogP contribution < -0.4 is 26.4 Å². The first-order valence-electron chi connectivity index (χ1n) is 15.9. The fourth-order valence-electron chi connectivity index (χ4n) is 8.11. The lowest BCUT2D eigenvalue weighted by Gasteiger charge is -2.40. The lowest BCUT2D eigenvalue weighted by atomic mass is 9.61. The number of nitrogens with one attached hydrogen (secondary N) is 1. The minimum absolute atomic E-state index is 0.0297. The maximum absolute atomic E-state index is 16.2. The number of hydrogen-bond acceptors (Lipinski definition) is 11. The number of hydrogen-bond donors (Lipinski definition) is 3. The highest BCUT2D eigenvalue weighted by Crippen LogP contribution is 2.52. The van der Waals surface area contributed by atoms with E-state index in [2.05, 4.69) is 28.2 Å². The van der Waals surface area contributed by atoms with Gasteiger partial charge in [-0.25, -0.2) is 4.98 Å². The highest BCUT2D eigenvalue weighted by atomic mass is 32.1. The largest absolute Gasteiger partial charge is 0.474 e. The monoisotopic (exact) mass is 620 g/mol. The summed E-state index contributed by atoms with van der Waals surface area (Å²) >= 11 is 1.42. The number of carbonyl (C=O) groups excluding carboxylic acids is 1. The van der Waals surface area contributed by atoms with Crippen LogP contribution in [0.1, 0.15) is 86.5 Å². The molecular formula is C32H41FN8O2S. The summed E-state index contributed by atoms with van der Waals surface area (Å²) in [6.07, 6.45) is 8.24. The molecule has 7 rings (SSSR count). The number of aryl methyl sites for hydroxylation is 1. The number of allylic oxidation sites excluding steroid dienone is 1. The predicted molar refractivity (Wildman–Crippen MR) is 168 cm³/mol. The van der Waals surface area contributed by atoms with Crippen molar-refractivity contribution in [3.8, 4) is 11.9 Å². The van der Waals surface area contributed by atoms with Crippen molar-refractivity contribution in [2.75, 3.05) is 43.9 Å². The Morgan fingerprint density at radius 2 is 2.00 bits per heavy atom. The van der Waals surface area contributed by atoms with E-state index >= 15 is 4.39 Å². The normalized spacial score (nSPS) is 29.1. The molecule has 2 aliphatic heterocycles. The van der Waals surface area contributed by atoms with Gasteiger partial charge in [0, 0.05) is 41.2 Å². The van der Waals surface area contributed by atoms with Gasteiger partial charge >= 0.3 is 0 Å². The number of nitrogens with zero attached hydrogens (tertiary/aromatic N) is 5. The summed E-state index contributed by atoms with van der Waals surface area (Å²) < 4.78 is 22.3. The molecule has 5 N–H and O–H groups in total. The van der Waals surface area contributed by atoms with E-state index in [9.17, 15) is 10.1 Å². The molecule has 2 spiro atoms. The third kappa shape index (κ3) is 4.84. The van der Waals surface area contributed by atoms with Gasteiger partial charge in [0.15, 0.2) is 17.4 Å². The summed E-state index contributed by atoms with van der Waals surface area (Å²) in [5.41, 5.74) is 14.0. The number of nitrogen functional groups attached to an aromatic ring is 1. The van der Waals surface area contributed by atoms with E-state index in [0.717, 1.165) is 61.9 Å². The molecule has 0 amide bonds. The van der Waals surface area contributed by atoms with Crippen molar-refractivity contribution in [1.82, 2.24) is 20.2 Å². The van der Waals surface area contributed by atoms with Gasteiger partial charge in [-0.2, -0.15) is 14.6 Å². The molecule has 3 aliphatic carbocycles. The molecule has 44 heavy (non-hydrogen) atoms. The van der Waals surface area contributed by atoms with E-state index in [1.807, 2.05) is 11.9 Å². The zero-order valence-corrected chi connectivity index (χ0v) is 26.4. The molecule has 2 saturated carbocycles. The summed E-state index contributed by atoms with van der Waals surface area (Å²) in [5, 5.41) is 14.1. The van der Waals surface area contributed by atoms with Crippen molar-refractivity contribution in [1.29, 1.82) is 5.26 Å². The number of likely N-dealkylation sites (N-methyl/N-ethyl adjacent to an activating group) is 1. The summed E-state index contributed by atoms with van der Waals surface area (Å²) in [5.74, 6) is -0.515. The van der Waals surface area contributed by atoms with Gasteiger partial charge in [0.25, 0.3) is 5.88 Å². The van der Waals surface area contributed by atoms with Gasteiger partial charge in [-0.3, -0.25) is 4.79 Å². The number of rotatable bonds is 5. The second-order valence-corrected chi connectivity index (χ2v) is 14.7. The van der Waals surface area contributed by atoms with Crippen LogP contribution in [0.25, 0.3) is 5.70 Å². The molecule has 4 fully saturated rings. The summed E-state index contributed by atoms with van der Waals surface area (Å²) in [4.78, 5) is 29.0. The van der Waals surface area contributed by atoms with Crippen LogP contribution in [0.15, 0.2) is 5.57 Å². The van der Waals surface area contributed by atoms with Crippen molar-refractivity contribution < 1.29 is 13.9 Å². The molecule has 4 heterocycles. The molecule has 2 saturated heterocycles. The number of piperazine rings is 1. The first-order valence-corrected chi connectivity index (χ1v) is 16.7. The van der Waals surface area contributed by atoms with Crippen molar-refractivity contribution in [3.05, 3.63) is 33.2 Å². The first-order chi connectivity index (χ1) is 21.1. The number of likely N-dealkylation sites (tertiary alicyclic amines) is 1. The molecule has 2 aromatic rings. The number of nitrogens with two attached hydrogens (primary N) is 2. The Balaban J connectivity index is 1.30. The number of thiophene rings is 1. The van der Waals surface area contributed by atoms with Gasteiger partial charge < -0.3 is 31.3 Å². The summed E-state index contributed by atoms with van der Waals surface area (Å²) in [7, 11) is 2.05. The van der Waals surface area contributed by atoms with E-state index in [4.69, 9.17) is 21.2 Å². The van der Waals surface area contributed by atoms with Crippen molar-refractivity contribution in [3.63, 3.8) is 0 Å². The molecule has 10 nitrogen and oxygen atoms in total. The van der Waals surface area contributed by atoms with Gasteiger partial charge in [0.1, 0.15) is 17.7 Å². The van der Waals surface area contributed by atoms with Crippen molar-refractivity contribution >= 4 is 33.6 Å². The third-order valence-corrected chi connectivity index (χ3v) is 11.6. The number of anilines is 2. The van der Waals surface area contributed by atoms with Crippen LogP contribution in [0.2, 0.25) is 0 Å². The number of nitriles is 1. The Labute approximate surface area is 261 Å². The Kier molecular flexibility index (Phi) is 7.34. The second-order valence-electron chi connectivity index (χ2n) is 13.5. The van der Waals surface area contributed by atoms with E-state index in [0.29, 0.717) is 55.1 Å². The zero-order valence-electron chi connectivity index (χ0n) is 25.5. The molecule has 0 aromatic carbocycles. The van der Waals surface area contributed by atoms with Crippen LogP contribution in [0.4, 0.5) is 15.2 Å². The molecule has 0 radical (unpaired) electrons. The molecule has 5 aliphatic rings. The topological polar surface area (TPSA) is 146 Å². The van der Waals surface area contributed by atoms with Gasteiger partial charge in [-0.15, -0.1) is 11.3 Å². The molecule has 3 atom stereocenters. The Hall–Kier alpha value is -3.27. The van der Waals surface area contributed by atoms with Crippen LogP contribution in [-0.4, -0.2) is 71.6 Å². The number of ketones is 1. The Morgan fingerprint density at radius 3 is 2.70 bits per heavy atom. The van der Waals surface area contributed by atoms with Crippen LogP contribution >= 0.6 is 11.3 Å². The van der Waals surface area contributed by atoms with Gasteiger partial charge in [0.2, 0.25) is 5.82 Å². The lowest BCUT2D eigenvalue weighted by Crippen LogP contribution is -2.57. The summed E-state index contributed by atoms with van der Waals surface area (Å²) in [6.45, 7) is 4.60. The Morgan fingerprint density at radius 1 is 1.23 bits per heavy atom. The molecule has 234 valence electrons.